The van der Waals surface area contributed by atoms with Crippen molar-refractivity contribution in [3.05, 3.63) is 41.9 Å². The molecule has 0 saturated heterocycles. The van der Waals surface area contributed by atoms with E-state index < -0.39 is 10.0 Å². The summed E-state index contributed by atoms with van der Waals surface area (Å²) >= 11 is 0. The van der Waals surface area contributed by atoms with E-state index in [1.54, 1.807) is 24.5 Å². The highest BCUT2D eigenvalue weighted by Crippen LogP contribution is 2.13. The number of anilines is 1. The zero-order chi connectivity index (χ0) is 15.3. The summed E-state index contributed by atoms with van der Waals surface area (Å²) in [7, 11) is -3.60. The minimum Gasteiger partial charge on any atom is -0.409 e. The Balaban J connectivity index is 2.06. The van der Waals surface area contributed by atoms with Crippen LogP contribution in [0, 0.1) is 0 Å². The Morgan fingerprint density at radius 3 is 2.81 bits per heavy atom. The van der Waals surface area contributed by atoms with Crippen LogP contribution in [0.1, 0.15) is 11.1 Å². The first-order valence-electron chi connectivity index (χ1n) is 5.92. The van der Waals surface area contributed by atoms with Gasteiger partial charge in [-0.2, -0.15) is 5.10 Å². The molecule has 9 nitrogen and oxygen atoms in total. The number of nitrogens with two attached hydrogens (primary N) is 1. The molecule has 2 aromatic heterocycles. The number of rotatable bonds is 6. The third-order valence-corrected chi connectivity index (χ3v) is 3.95. The first kappa shape index (κ1) is 14.8. The number of nitrogens with one attached hydrogen (secondary N) is 2. The molecule has 0 aliphatic rings. The fraction of sp³-hybridized carbons (Fsp3) is 0.182. The van der Waals surface area contributed by atoms with Crippen molar-refractivity contribution in [3.8, 4) is 0 Å². The number of pyridine rings is 1. The van der Waals surface area contributed by atoms with Crippen LogP contribution >= 0.6 is 0 Å². The van der Waals surface area contributed by atoms with Crippen molar-refractivity contribution in [2.24, 2.45) is 10.9 Å². The highest BCUT2D eigenvalue weighted by atomic mass is 32.2. The van der Waals surface area contributed by atoms with Gasteiger partial charge in [-0.25, -0.2) is 8.42 Å². The summed E-state index contributed by atoms with van der Waals surface area (Å²) in [4.78, 5) is 3.86. The Labute approximate surface area is 120 Å². The summed E-state index contributed by atoms with van der Waals surface area (Å²) in [6.45, 7) is 0. The molecule has 0 aliphatic heterocycles. The minimum atomic E-state index is -3.60. The third kappa shape index (κ3) is 3.92. The molecule has 2 heterocycles. The van der Waals surface area contributed by atoms with E-state index in [1.807, 2.05) is 0 Å². The maximum atomic E-state index is 12.0. The Bertz CT molecular complexity index is 725. The van der Waals surface area contributed by atoms with Gasteiger partial charge < -0.3 is 10.9 Å². The number of amidine groups is 1. The summed E-state index contributed by atoms with van der Waals surface area (Å²) in [5.41, 5.74) is 6.45. The predicted octanol–water partition coefficient (Wildman–Crippen LogP) is -0.116. The number of H-pyrrole nitrogens is 1. The molecule has 0 spiro atoms. The van der Waals surface area contributed by atoms with Gasteiger partial charge in [0.25, 0.3) is 0 Å². The summed E-state index contributed by atoms with van der Waals surface area (Å²) in [5, 5.41) is 17.5. The van der Waals surface area contributed by atoms with Gasteiger partial charge in [0.05, 0.1) is 17.5 Å². The van der Waals surface area contributed by atoms with Crippen molar-refractivity contribution in [1.82, 2.24) is 15.2 Å². The van der Waals surface area contributed by atoms with Gasteiger partial charge in [-0.1, -0.05) is 5.16 Å². The van der Waals surface area contributed by atoms with Gasteiger partial charge in [0.2, 0.25) is 10.0 Å². The van der Waals surface area contributed by atoms with Crippen LogP contribution in [0.25, 0.3) is 0 Å². The van der Waals surface area contributed by atoms with Crippen LogP contribution in [-0.2, 0) is 16.4 Å². The van der Waals surface area contributed by atoms with Gasteiger partial charge >= 0.3 is 0 Å². The van der Waals surface area contributed by atoms with E-state index in [1.165, 1.54) is 6.20 Å². The van der Waals surface area contributed by atoms with Crippen LogP contribution in [0.5, 0.6) is 0 Å². The highest BCUT2D eigenvalue weighted by molar-refractivity contribution is 7.92. The van der Waals surface area contributed by atoms with Crippen LogP contribution in [0.2, 0.25) is 0 Å². The molecule has 0 aliphatic carbocycles. The zero-order valence-electron chi connectivity index (χ0n) is 10.9. The summed E-state index contributed by atoms with van der Waals surface area (Å²) in [5.74, 6) is -0.304. The van der Waals surface area contributed by atoms with Crippen molar-refractivity contribution in [3.63, 3.8) is 0 Å². The van der Waals surface area contributed by atoms with Gasteiger partial charge in [0.1, 0.15) is 5.82 Å². The SMILES string of the molecule is NC(=NO)c1cn[nH]c1NS(=O)(=O)CCc1ccncc1. The van der Waals surface area contributed by atoms with Crippen LogP contribution in [0.15, 0.2) is 35.9 Å². The average molecular weight is 310 g/mol. The Hall–Kier alpha value is -2.62. The molecule has 2 aromatic rings. The van der Waals surface area contributed by atoms with Gasteiger partial charge in [-0.3, -0.25) is 14.8 Å². The number of aromatic nitrogens is 3. The predicted molar refractivity (Wildman–Crippen MR) is 76.4 cm³/mol. The molecule has 5 N–H and O–H groups in total. The van der Waals surface area contributed by atoms with Crippen LogP contribution < -0.4 is 10.5 Å². The third-order valence-electron chi connectivity index (χ3n) is 2.69. The number of aromatic amines is 1. The molecule has 0 fully saturated rings. The smallest absolute Gasteiger partial charge is 0.234 e. The molecule has 0 bridgehead atoms. The lowest BCUT2D eigenvalue weighted by Gasteiger charge is -2.07. The second-order valence-electron chi connectivity index (χ2n) is 4.17. The maximum absolute atomic E-state index is 12.0. The van der Waals surface area contributed by atoms with Gasteiger partial charge in [-0.05, 0) is 24.1 Å². The van der Waals surface area contributed by atoms with Crippen molar-refractivity contribution in [1.29, 1.82) is 0 Å². The van der Waals surface area contributed by atoms with Crippen molar-refractivity contribution in [2.45, 2.75) is 6.42 Å². The molecular weight excluding hydrogens is 296 g/mol. The molecule has 10 heteroatoms. The molecule has 0 aromatic carbocycles. The standard InChI is InChI=1S/C11H14N6O3S/c12-10(16-18)9-7-14-15-11(9)17-21(19,20)6-3-8-1-4-13-5-2-8/h1-2,4-5,7,18H,3,6H2,(H2,12,16)(H2,14,15,17). The second kappa shape index (κ2) is 6.22. The van der Waals surface area contributed by atoms with E-state index in [0.717, 1.165) is 5.56 Å². The van der Waals surface area contributed by atoms with Gasteiger partial charge in [-0.15, -0.1) is 0 Å². The van der Waals surface area contributed by atoms with E-state index in [2.05, 4.69) is 25.1 Å². The monoisotopic (exact) mass is 310 g/mol. The zero-order valence-corrected chi connectivity index (χ0v) is 11.7. The second-order valence-corrected chi connectivity index (χ2v) is 6.01. The quantitative estimate of drug-likeness (QED) is 0.253. The van der Waals surface area contributed by atoms with Crippen LogP contribution in [0.3, 0.4) is 0 Å². The van der Waals surface area contributed by atoms with Gasteiger partial charge in [0, 0.05) is 12.4 Å². The van der Waals surface area contributed by atoms with Crippen molar-refractivity contribution < 1.29 is 13.6 Å². The largest absolute Gasteiger partial charge is 0.409 e. The fourth-order valence-corrected chi connectivity index (χ4v) is 2.69. The van der Waals surface area contributed by atoms with Crippen LogP contribution in [-0.4, -0.2) is 40.4 Å². The van der Waals surface area contributed by atoms with E-state index >= 15 is 0 Å². The molecule has 0 saturated carbocycles. The van der Waals surface area contributed by atoms with Gasteiger partial charge in [0.15, 0.2) is 5.84 Å². The Morgan fingerprint density at radius 1 is 1.43 bits per heavy atom. The minimum absolute atomic E-state index is 0.0556. The molecule has 0 amide bonds. The Kier molecular flexibility index (Phi) is 4.38. The number of nitrogens with zero attached hydrogens (tertiary/aromatic N) is 3. The lowest BCUT2D eigenvalue weighted by atomic mass is 10.2. The summed E-state index contributed by atoms with van der Waals surface area (Å²) in [6.07, 6.45) is 4.79. The number of hydrogen-bond donors (Lipinski definition) is 4. The molecule has 2 rings (SSSR count). The molecule has 112 valence electrons. The highest BCUT2D eigenvalue weighted by Gasteiger charge is 2.16. The van der Waals surface area contributed by atoms with E-state index in [4.69, 9.17) is 10.9 Å². The first-order chi connectivity index (χ1) is 10.0. The molecule has 0 atom stereocenters. The summed E-state index contributed by atoms with van der Waals surface area (Å²) < 4.78 is 26.4. The topological polar surface area (TPSA) is 146 Å². The Morgan fingerprint density at radius 2 is 2.14 bits per heavy atom. The lowest BCUT2D eigenvalue weighted by molar-refractivity contribution is 0.318. The molecule has 0 radical (unpaired) electrons. The number of oxime groups is 1. The van der Waals surface area contributed by atoms with Crippen molar-refractivity contribution in [2.75, 3.05) is 10.5 Å². The number of aryl methyl sites for hydroxylation is 1. The number of hydrogen-bond acceptors (Lipinski definition) is 6. The fourth-order valence-electron chi connectivity index (χ4n) is 1.62. The lowest BCUT2D eigenvalue weighted by Crippen LogP contribution is -2.21. The van der Waals surface area contributed by atoms with E-state index in [9.17, 15) is 8.42 Å². The van der Waals surface area contributed by atoms with E-state index in [-0.39, 0.29) is 23.0 Å². The molecule has 21 heavy (non-hydrogen) atoms. The normalized spacial score (nSPS) is 12.3. The van der Waals surface area contributed by atoms with Crippen LogP contribution in [0.4, 0.5) is 5.82 Å². The molecule has 0 unspecified atom stereocenters. The molecular formula is C11H14N6O3S. The first-order valence-corrected chi connectivity index (χ1v) is 7.58. The van der Waals surface area contributed by atoms with Crippen molar-refractivity contribution >= 4 is 21.7 Å². The summed E-state index contributed by atoms with van der Waals surface area (Å²) in [6, 6.07) is 3.49. The maximum Gasteiger partial charge on any atom is 0.234 e. The number of sulfonamides is 1. The van der Waals surface area contributed by atoms with E-state index in [0.29, 0.717) is 6.42 Å². The average Bonchev–Trinajstić information content (AvgIpc) is 2.93.